The predicted molar refractivity (Wildman–Crippen MR) is 79.6 cm³/mol. The second kappa shape index (κ2) is 6.87. The summed E-state index contributed by atoms with van der Waals surface area (Å²) in [6.07, 6.45) is 0. The minimum absolute atomic E-state index is 0.00718. The highest BCUT2D eigenvalue weighted by Crippen LogP contribution is 2.28. The molecular weight excluding hydrogens is 296 g/mol. The lowest BCUT2D eigenvalue weighted by Crippen LogP contribution is -2.12. The third kappa shape index (κ3) is 3.93. The summed E-state index contributed by atoms with van der Waals surface area (Å²) in [5.41, 5.74) is 1.31. The van der Waals surface area contributed by atoms with Crippen molar-refractivity contribution in [3.8, 4) is 5.75 Å². The average Bonchev–Trinajstić information content (AvgIpc) is 2.46. The van der Waals surface area contributed by atoms with Gasteiger partial charge in [0.1, 0.15) is 24.0 Å². The van der Waals surface area contributed by atoms with E-state index in [1.807, 2.05) is 20.0 Å². The predicted octanol–water partition coefficient (Wildman–Crippen LogP) is 4.48. The van der Waals surface area contributed by atoms with Gasteiger partial charge in [-0.15, -0.1) is 0 Å². The van der Waals surface area contributed by atoms with Crippen molar-refractivity contribution in [2.75, 3.05) is 7.05 Å². The van der Waals surface area contributed by atoms with Crippen LogP contribution in [-0.2, 0) is 6.61 Å². The van der Waals surface area contributed by atoms with Gasteiger partial charge in [-0.25, -0.2) is 8.78 Å². The van der Waals surface area contributed by atoms with Crippen molar-refractivity contribution in [1.29, 1.82) is 0 Å². The molecule has 0 saturated carbocycles. The molecule has 0 fully saturated rings. The summed E-state index contributed by atoms with van der Waals surface area (Å²) in [6.45, 7) is 2.01. The fourth-order valence-corrected chi connectivity index (χ4v) is 2.11. The van der Waals surface area contributed by atoms with Gasteiger partial charge in [-0.3, -0.25) is 0 Å². The van der Waals surface area contributed by atoms with Gasteiger partial charge in [-0.1, -0.05) is 17.7 Å². The number of rotatable bonds is 5. The van der Waals surface area contributed by atoms with Crippen molar-refractivity contribution >= 4 is 11.6 Å². The zero-order valence-electron chi connectivity index (χ0n) is 11.8. The summed E-state index contributed by atoms with van der Waals surface area (Å²) in [5.74, 6) is -0.779. The molecule has 2 rings (SSSR count). The first-order chi connectivity index (χ1) is 10.0. The van der Waals surface area contributed by atoms with Crippen LogP contribution in [0.4, 0.5) is 8.78 Å². The van der Waals surface area contributed by atoms with Crippen molar-refractivity contribution in [1.82, 2.24) is 5.32 Å². The Hall–Kier alpha value is -1.65. The van der Waals surface area contributed by atoms with E-state index in [1.165, 1.54) is 12.1 Å². The third-order valence-electron chi connectivity index (χ3n) is 3.29. The molecule has 5 heteroatoms. The fraction of sp³-hybridized carbons (Fsp3) is 0.250. The Morgan fingerprint density at radius 3 is 2.57 bits per heavy atom. The van der Waals surface area contributed by atoms with Crippen molar-refractivity contribution in [3.05, 3.63) is 64.2 Å². The normalized spacial score (nSPS) is 12.2. The van der Waals surface area contributed by atoms with E-state index >= 15 is 0 Å². The molecule has 0 bridgehead atoms. The molecule has 0 radical (unpaired) electrons. The molecule has 0 amide bonds. The quantitative estimate of drug-likeness (QED) is 0.879. The number of hydrogen-bond acceptors (Lipinski definition) is 2. The summed E-state index contributed by atoms with van der Waals surface area (Å²) in [5, 5.41) is 3.57. The third-order valence-corrected chi connectivity index (χ3v) is 3.58. The van der Waals surface area contributed by atoms with Crippen LogP contribution in [0.15, 0.2) is 36.4 Å². The smallest absolute Gasteiger partial charge is 0.138 e. The summed E-state index contributed by atoms with van der Waals surface area (Å²) < 4.78 is 31.8. The van der Waals surface area contributed by atoms with Crippen molar-refractivity contribution in [2.24, 2.45) is 0 Å². The highest BCUT2D eigenvalue weighted by molar-refractivity contribution is 6.32. The summed E-state index contributed by atoms with van der Waals surface area (Å²) >= 11 is 6.16. The molecule has 0 aromatic heterocycles. The van der Waals surface area contributed by atoms with Gasteiger partial charge in [-0.2, -0.15) is 0 Å². The molecule has 0 heterocycles. The van der Waals surface area contributed by atoms with Crippen molar-refractivity contribution in [3.63, 3.8) is 0 Å². The SMILES string of the molecule is CNC(C)c1ccc(OCc2ccc(F)cc2F)c(Cl)c1. The van der Waals surface area contributed by atoms with E-state index in [1.54, 1.807) is 12.1 Å². The van der Waals surface area contributed by atoms with Crippen LogP contribution in [0, 0.1) is 11.6 Å². The lowest BCUT2D eigenvalue weighted by atomic mass is 10.1. The molecule has 2 nitrogen and oxygen atoms in total. The van der Waals surface area contributed by atoms with Crippen LogP contribution < -0.4 is 10.1 Å². The Labute approximate surface area is 127 Å². The second-order valence-electron chi connectivity index (χ2n) is 4.72. The van der Waals surface area contributed by atoms with Gasteiger partial charge in [-0.05, 0) is 43.8 Å². The molecule has 1 N–H and O–H groups in total. The van der Waals surface area contributed by atoms with E-state index in [9.17, 15) is 8.78 Å². The van der Waals surface area contributed by atoms with Gasteiger partial charge in [0, 0.05) is 17.7 Å². The molecule has 0 saturated heterocycles. The molecule has 2 aromatic rings. The Bertz CT molecular complexity index is 634. The highest BCUT2D eigenvalue weighted by Gasteiger charge is 2.09. The van der Waals surface area contributed by atoms with E-state index in [-0.39, 0.29) is 18.2 Å². The summed E-state index contributed by atoms with van der Waals surface area (Å²) in [4.78, 5) is 0. The maximum Gasteiger partial charge on any atom is 0.138 e. The van der Waals surface area contributed by atoms with Crippen LogP contribution >= 0.6 is 11.6 Å². The van der Waals surface area contributed by atoms with Crippen molar-refractivity contribution in [2.45, 2.75) is 19.6 Å². The summed E-state index contributed by atoms with van der Waals surface area (Å²) in [7, 11) is 1.86. The molecule has 1 atom stereocenters. The van der Waals surface area contributed by atoms with Gasteiger partial charge in [0.15, 0.2) is 0 Å². The Morgan fingerprint density at radius 2 is 1.95 bits per heavy atom. The van der Waals surface area contributed by atoms with Gasteiger partial charge < -0.3 is 10.1 Å². The molecule has 0 spiro atoms. The molecule has 1 unspecified atom stereocenters. The molecular formula is C16H16ClF2NO. The maximum absolute atomic E-state index is 13.5. The Balaban J connectivity index is 2.10. The van der Waals surface area contributed by atoms with E-state index in [4.69, 9.17) is 16.3 Å². The van der Waals surface area contributed by atoms with E-state index < -0.39 is 11.6 Å². The Kier molecular flexibility index (Phi) is 5.15. The van der Waals surface area contributed by atoms with Crippen LogP contribution in [0.25, 0.3) is 0 Å². The van der Waals surface area contributed by atoms with E-state index in [0.29, 0.717) is 10.8 Å². The first-order valence-corrected chi connectivity index (χ1v) is 6.92. The maximum atomic E-state index is 13.5. The van der Waals surface area contributed by atoms with Crippen LogP contribution in [0.5, 0.6) is 5.75 Å². The number of nitrogens with one attached hydrogen (secondary N) is 1. The fourth-order valence-electron chi connectivity index (χ4n) is 1.86. The molecule has 112 valence electrons. The Morgan fingerprint density at radius 1 is 1.19 bits per heavy atom. The number of ether oxygens (including phenoxy) is 1. The first kappa shape index (κ1) is 15.7. The average molecular weight is 312 g/mol. The van der Waals surface area contributed by atoms with Gasteiger partial charge in [0.2, 0.25) is 0 Å². The van der Waals surface area contributed by atoms with E-state index in [0.717, 1.165) is 11.6 Å². The van der Waals surface area contributed by atoms with Crippen LogP contribution in [-0.4, -0.2) is 7.05 Å². The van der Waals surface area contributed by atoms with Gasteiger partial charge in [0.05, 0.1) is 5.02 Å². The first-order valence-electron chi connectivity index (χ1n) is 6.54. The molecule has 0 aliphatic rings. The van der Waals surface area contributed by atoms with Gasteiger partial charge >= 0.3 is 0 Å². The zero-order valence-corrected chi connectivity index (χ0v) is 12.5. The summed E-state index contributed by atoms with van der Waals surface area (Å²) in [6, 6.07) is 9.00. The monoisotopic (exact) mass is 311 g/mol. The lowest BCUT2D eigenvalue weighted by Gasteiger charge is -2.13. The number of benzene rings is 2. The molecule has 0 aliphatic heterocycles. The topological polar surface area (TPSA) is 21.3 Å². The van der Waals surface area contributed by atoms with Gasteiger partial charge in [0.25, 0.3) is 0 Å². The molecule has 0 aliphatic carbocycles. The van der Waals surface area contributed by atoms with Crippen molar-refractivity contribution < 1.29 is 13.5 Å². The second-order valence-corrected chi connectivity index (χ2v) is 5.13. The van der Waals surface area contributed by atoms with Crippen LogP contribution in [0.3, 0.4) is 0 Å². The molecule has 2 aromatic carbocycles. The standard InChI is InChI=1S/C16H16ClF2NO/c1-10(20-2)11-4-6-16(14(17)7-11)21-9-12-3-5-13(18)8-15(12)19/h3-8,10,20H,9H2,1-2H3. The minimum atomic E-state index is -0.633. The van der Waals surface area contributed by atoms with Crippen LogP contribution in [0.1, 0.15) is 24.1 Å². The largest absolute Gasteiger partial charge is 0.487 e. The van der Waals surface area contributed by atoms with E-state index in [2.05, 4.69) is 5.32 Å². The molecule has 21 heavy (non-hydrogen) atoms. The number of hydrogen-bond donors (Lipinski definition) is 1. The number of halogens is 3. The lowest BCUT2D eigenvalue weighted by molar-refractivity contribution is 0.299. The van der Waals surface area contributed by atoms with Crippen LogP contribution in [0.2, 0.25) is 5.02 Å². The highest BCUT2D eigenvalue weighted by atomic mass is 35.5. The minimum Gasteiger partial charge on any atom is -0.487 e. The zero-order chi connectivity index (χ0) is 15.4.